The number of amides is 3. The molecule has 1 aliphatic carbocycles. The Bertz CT molecular complexity index is 805. The summed E-state index contributed by atoms with van der Waals surface area (Å²) in [6.07, 6.45) is -1.02. The van der Waals surface area contributed by atoms with E-state index in [4.69, 9.17) is 16.3 Å². The van der Waals surface area contributed by atoms with E-state index in [2.05, 4.69) is 16.2 Å². The lowest BCUT2D eigenvalue weighted by Crippen LogP contribution is -2.38. The van der Waals surface area contributed by atoms with Crippen molar-refractivity contribution in [3.8, 4) is 5.75 Å². The third-order valence-electron chi connectivity index (χ3n) is 5.34. The zero-order valence-electron chi connectivity index (χ0n) is 17.6. The van der Waals surface area contributed by atoms with Crippen LogP contribution in [-0.2, 0) is 4.79 Å². The molecule has 1 heterocycles. The van der Waals surface area contributed by atoms with E-state index in [1.54, 1.807) is 18.2 Å². The SMILES string of the molecule is O=C1CN(CCCCCNNC(CC(F)(F)F)c2ccc(Cl)c(OCC3CC3)c2)C(=O)N1. The van der Waals surface area contributed by atoms with E-state index in [9.17, 15) is 22.8 Å². The second-order valence-electron chi connectivity index (χ2n) is 8.22. The molecule has 7 nitrogen and oxygen atoms in total. The Hall–Kier alpha value is -2.04. The highest BCUT2D eigenvalue weighted by Gasteiger charge is 2.33. The molecule has 3 amide bonds. The molecular formula is C21H28ClF3N4O3. The number of imide groups is 1. The van der Waals surface area contributed by atoms with Gasteiger partial charge in [0.2, 0.25) is 5.91 Å². The van der Waals surface area contributed by atoms with Crippen LogP contribution in [0.25, 0.3) is 0 Å². The number of halogens is 4. The summed E-state index contributed by atoms with van der Waals surface area (Å²) in [6, 6.07) is 3.32. The van der Waals surface area contributed by atoms with Crippen molar-refractivity contribution >= 4 is 23.5 Å². The first kappa shape index (κ1) is 24.6. The second-order valence-corrected chi connectivity index (χ2v) is 8.63. The molecule has 0 radical (unpaired) electrons. The van der Waals surface area contributed by atoms with Gasteiger partial charge in [-0.25, -0.2) is 10.2 Å². The van der Waals surface area contributed by atoms with Crippen molar-refractivity contribution < 1.29 is 27.5 Å². The molecule has 1 atom stereocenters. The summed E-state index contributed by atoms with van der Waals surface area (Å²) in [5.41, 5.74) is 6.09. The highest BCUT2D eigenvalue weighted by molar-refractivity contribution is 6.32. The van der Waals surface area contributed by atoms with E-state index in [-0.39, 0.29) is 18.5 Å². The fourth-order valence-corrected chi connectivity index (χ4v) is 3.55. The van der Waals surface area contributed by atoms with Crippen LogP contribution in [0.4, 0.5) is 18.0 Å². The number of ether oxygens (including phenoxy) is 1. The molecule has 2 fully saturated rings. The monoisotopic (exact) mass is 476 g/mol. The van der Waals surface area contributed by atoms with Gasteiger partial charge in [-0.2, -0.15) is 13.2 Å². The summed E-state index contributed by atoms with van der Waals surface area (Å²) < 4.78 is 45.1. The van der Waals surface area contributed by atoms with Crippen LogP contribution >= 0.6 is 11.6 Å². The minimum Gasteiger partial charge on any atom is -0.492 e. The molecule has 3 N–H and O–H groups in total. The topological polar surface area (TPSA) is 82.7 Å². The summed E-state index contributed by atoms with van der Waals surface area (Å²) in [5.74, 6) is 0.593. The summed E-state index contributed by atoms with van der Waals surface area (Å²) in [4.78, 5) is 24.0. The molecule has 178 valence electrons. The van der Waals surface area contributed by atoms with Gasteiger partial charge in [0.15, 0.2) is 0 Å². The van der Waals surface area contributed by atoms with Crippen LogP contribution in [0.2, 0.25) is 5.02 Å². The third-order valence-corrected chi connectivity index (χ3v) is 5.65. The van der Waals surface area contributed by atoms with Crippen LogP contribution in [-0.4, -0.2) is 49.3 Å². The smallest absolute Gasteiger partial charge is 0.390 e. The molecule has 1 aromatic rings. The molecule has 1 saturated carbocycles. The summed E-state index contributed by atoms with van der Waals surface area (Å²) in [5, 5.41) is 2.59. The van der Waals surface area contributed by atoms with Crippen molar-refractivity contribution in [2.75, 3.05) is 26.2 Å². The largest absolute Gasteiger partial charge is 0.492 e. The second kappa shape index (κ2) is 11.2. The lowest BCUT2D eigenvalue weighted by molar-refractivity contribution is -0.141. The molecule has 1 unspecified atom stereocenters. The van der Waals surface area contributed by atoms with E-state index in [1.807, 2.05) is 0 Å². The summed E-state index contributed by atoms with van der Waals surface area (Å²) >= 11 is 6.15. The van der Waals surface area contributed by atoms with Crippen molar-refractivity contribution in [1.29, 1.82) is 0 Å². The van der Waals surface area contributed by atoms with Crippen molar-refractivity contribution in [3.63, 3.8) is 0 Å². The molecule has 11 heteroatoms. The van der Waals surface area contributed by atoms with Crippen molar-refractivity contribution in [2.45, 2.75) is 50.7 Å². The number of hydrogen-bond acceptors (Lipinski definition) is 5. The average Bonchev–Trinajstić information content (AvgIpc) is 3.48. The highest BCUT2D eigenvalue weighted by Crippen LogP contribution is 2.35. The Morgan fingerprint density at radius 1 is 1.22 bits per heavy atom. The van der Waals surface area contributed by atoms with E-state index >= 15 is 0 Å². The van der Waals surface area contributed by atoms with E-state index < -0.39 is 18.6 Å². The van der Waals surface area contributed by atoms with Crippen LogP contribution in [0, 0.1) is 5.92 Å². The van der Waals surface area contributed by atoms with Crippen LogP contribution in [0.15, 0.2) is 18.2 Å². The number of hydrazine groups is 1. The normalized spacial score (nSPS) is 17.6. The van der Waals surface area contributed by atoms with E-state index in [0.717, 1.165) is 19.3 Å². The molecule has 1 aromatic carbocycles. The molecule has 0 aromatic heterocycles. The van der Waals surface area contributed by atoms with Crippen molar-refractivity contribution in [3.05, 3.63) is 28.8 Å². The van der Waals surface area contributed by atoms with Crippen LogP contribution in [0.5, 0.6) is 5.75 Å². The Morgan fingerprint density at radius 2 is 2.00 bits per heavy atom. The Labute approximate surface area is 190 Å². The fourth-order valence-electron chi connectivity index (χ4n) is 3.37. The zero-order chi connectivity index (χ0) is 23.1. The van der Waals surface area contributed by atoms with Gasteiger partial charge in [0.25, 0.3) is 0 Å². The van der Waals surface area contributed by atoms with Gasteiger partial charge in [-0.15, -0.1) is 0 Å². The minimum absolute atomic E-state index is 0.0746. The lowest BCUT2D eigenvalue weighted by atomic mass is 10.0. The van der Waals surface area contributed by atoms with Crippen LogP contribution < -0.4 is 20.9 Å². The number of unbranched alkanes of at least 4 members (excludes halogenated alkanes) is 2. The van der Waals surface area contributed by atoms with Gasteiger partial charge < -0.3 is 9.64 Å². The third kappa shape index (κ3) is 8.14. The molecule has 0 spiro atoms. The number of hydrogen-bond donors (Lipinski definition) is 3. The quantitative estimate of drug-likeness (QED) is 0.228. The molecule has 3 rings (SSSR count). The molecule has 32 heavy (non-hydrogen) atoms. The fraction of sp³-hybridized carbons (Fsp3) is 0.619. The molecule has 1 saturated heterocycles. The van der Waals surface area contributed by atoms with E-state index in [1.165, 1.54) is 4.90 Å². The van der Waals surface area contributed by atoms with Gasteiger partial charge in [-0.1, -0.05) is 24.1 Å². The maximum Gasteiger partial charge on any atom is 0.390 e. The minimum atomic E-state index is -4.35. The number of nitrogens with one attached hydrogen (secondary N) is 3. The van der Waals surface area contributed by atoms with Gasteiger partial charge in [0.1, 0.15) is 12.3 Å². The van der Waals surface area contributed by atoms with Gasteiger partial charge in [0, 0.05) is 13.1 Å². The number of urea groups is 1. The Morgan fingerprint density at radius 3 is 2.66 bits per heavy atom. The van der Waals surface area contributed by atoms with E-state index in [0.29, 0.717) is 54.8 Å². The number of carbonyl (C=O) groups is 2. The lowest BCUT2D eigenvalue weighted by Gasteiger charge is -2.22. The standard InChI is InChI=1S/C21H28ClF3N4O3/c22-16-7-6-15(10-18(16)32-13-14-4-5-14)17(11-21(23,24)25)28-26-8-2-1-3-9-29-12-19(30)27-20(29)31/h6-7,10,14,17,26,28H,1-5,8-9,11-13H2,(H,27,30,31). The van der Waals surface area contributed by atoms with Crippen LogP contribution in [0.3, 0.4) is 0 Å². The maximum atomic E-state index is 13.1. The first-order valence-electron chi connectivity index (χ1n) is 10.8. The van der Waals surface area contributed by atoms with Crippen molar-refractivity contribution in [1.82, 2.24) is 21.1 Å². The molecule has 2 aliphatic rings. The van der Waals surface area contributed by atoms with Gasteiger partial charge >= 0.3 is 12.2 Å². The Balaban J connectivity index is 1.44. The zero-order valence-corrected chi connectivity index (χ0v) is 18.4. The predicted octanol–water partition coefficient (Wildman–Crippen LogP) is 3.94. The molecule has 0 bridgehead atoms. The van der Waals surface area contributed by atoms with Crippen LogP contribution in [0.1, 0.15) is 50.1 Å². The summed E-state index contributed by atoms with van der Waals surface area (Å²) in [7, 11) is 0. The number of rotatable bonds is 13. The first-order valence-corrected chi connectivity index (χ1v) is 11.2. The maximum absolute atomic E-state index is 13.1. The first-order chi connectivity index (χ1) is 15.2. The number of benzene rings is 1. The summed E-state index contributed by atoms with van der Waals surface area (Å²) in [6.45, 7) is 1.52. The molecular weight excluding hydrogens is 449 g/mol. The van der Waals surface area contributed by atoms with Gasteiger partial charge in [-0.3, -0.25) is 15.5 Å². The van der Waals surface area contributed by atoms with Gasteiger partial charge in [-0.05, 0) is 49.3 Å². The highest BCUT2D eigenvalue weighted by atomic mass is 35.5. The average molecular weight is 477 g/mol. The number of carbonyl (C=O) groups excluding carboxylic acids is 2. The predicted molar refractivity (Wildman–Crippen MR) is 113 cm³/mol. The Kier molecular flexibility index (Phi) is 8.61. The molecule has 1 aliphatic heterocycles. The van der Waals surface area contributed by atoms with Crippen molar-refractivity contribution in [2.24, 2.45) is 5.92 Å². The number of nitrogens with zero attached hydrogens (tertiary/aromatic N) is 1. The van der Waals surface area contributed by atoms with Gasteiger partial charge in [0.05, 0.1) is 24.1 Å². The number of alkyl halides is 3.